The van der Waals surface area contributed by atoms with E-state index in [-0.39, 0.29) is 12.3 Å². The molecule has 114 valence electrons. The van der Waals surface area contributed by atoms with Crippen molar-refractivity contribution in [2.75, 3.05) is 25.4 Å². The minimum absolute atomic E-state index is 0.0628. The Hall–Kier alpha value is -0.800. The van der Waals surface area contributed by atoms with Gasteiger partial charge in [0.05, 0.1) is 23.1 Å². The molecule has 0 saturated carbocycles. The van der Waals surface area contributed by atoms with Crippen molar-refractivity contribution in [3.05, 3.63) is 16.1 Å². The van der Waals surface area contributed by atoms with Gasteiger partial charge in [0.15, 0.2) is 0 Å². The zero-order valence-corrected chi connectivity index (χ0v) is 12.4. The summed E-state index contributed by atoms with van der Waals surface area (Å²) in [6.07, 6.45) is -4.46. The third-order valence-corrected chi connectivity index (χ3v) is 4.01. The number of aromatic nitrogens is 1. The summed E-state index contributed by atoms with van der Waals surface area (Å²) >= 11 is 2.70. The van der Waals surface area contributed by atoms with Gasteiger partial charge < -0.3 is 10.0 Å². The summed E-state index contributed by atoms with van der Waals surface area (Å²) in [6.45, 7) is -0.272. The van der Waals surface area contributed by atoms with Gasteiger partial charge in [-0.25, -0.2) is 4.98 Å². The van der Waals surface area contributed by atoms with Gasteiger partial charge >= 0.3 is 6.18 Å². The van der Waals surface area contributed by atoms with Gasteiger partial charge in [-0.05, 0) is 6.92 Å². The predicted octanol–water partition coefficient (Wildman–Crippen LogP) is 2.07. The number of thiazole rings is 1. The van der Waals surface area contributed by atoms with Crippen molar-refractivity contribution < 1.29 is 23.1 Å². The quantitative estimate of drug-likeness (QED) is 0.832. The number of hydrogen-bond acceptors (Lipinski definition) is 5. The van der Waals surface area contributed by atoms with Crippen LogP contribution in [-0.2, 0) is 10.5 Å². The first-order valence-corrected chi connectivity index (χ1v) is 7.79. The molecule has 9 heteroatoms. The maximum Gasteiger partial charge on any atom is 0.406 e. The number of nitrogens with zero attached hydrogens (tertiary/aromatic N) is 2. The average molecular weight is 328 g/mol. The number of aliphatic hydroxyl groups excluding tert-OH is 1. The number of rotatable bonds is 7. The Bertz CT molecular complexity index is 438. The molecule has 0 saturated heterocycles. The topological polar surface area (TPSA) is 53.4 Å². The van der Waals surface area contributed by atoms with Gasteiger partial charge in [0.1, 0.15) is 6.54 Å². The summed E-state index contributed by atoms with van der Waals surface area (Å²) in [5, 5.41) is 11.5. The standard InChI is InChI=1S/C11H15F3N2O2S2/c1-8-15-9(5-20-8)4-19-6-10(18)16(2-3-17)7-11(12,13)14/h5,17H,2-4,6-7H2,1H3. The summed E-state index contributed by atoms with van der Waals surface area (Å²) in [5.41, 5.74) is 0.815. The molecular weight excluding hydrogens is 313 g/mol. The molecule has 0 aromatic carbocycles. The van der Waals surface area contributed by atoms with Crippen molar-refractivity contribution in [1.82, 2.24) is 9.88 Å². The van der Waals surface area contributed by atoms with Gasteiger partial charge in [-0.15, -0.1) is 23.1 Å². The number of alkyl halides is 3. The lowest BCUT2D eigenvalue weighted by molar-refractivity contribution is -0.160. The van der Waals surface area contributed by atoms with Crippen LogP contribution in [0.5, 0.6) is 0 Å². The van der Waals surface area contributed by atoms with Crippen molar-refractivity contribution >= 4 is 29.0 Å². The summed E-state index contributed by atoms with van der Waals surface area (Å²) in [6, 6.07) is 0. The molecule has 0 fully saturated rings. The van der Waals surface area contributed by atoms with Crippen LogP contribution in [0.15, 0.2) is 5.38 Å². The minimum atomic E-state index is -4.46. The zero-order valence-electron chi connectivity index (χ0n) is 10.8. The first-order chi connectivity index (χ1) is 9.31. The SMILES string of the molecule is Cc1nc(CSCC(=O)N(CCO)CC(F)(F)F)cs1. The molecule has 1 rings (SSSR count). The van der Waals surface area contributed by atoms with Crippen LogP contribution in [0.1, 0.15) is 10.7 Å². The molecule has 20 heavy (non-hydrogen) atoms. The van der Waals surface area contributed by atoms with Crippen LogP contribution in [0.4, 0.5) is 13.2 Å². The fourth-order valence-corrected chi connectivity index (χ4v) is 2.97. The highest BCUT2D eigenvalue weighted by atomic mass is 32.2. The molecular formula is C11H15F3N2O2S2. The molecule has 0 aliphatic rings. The second-order valence-electron chi connectivity index (χ2n) is 4.00. The van der Waals surface area contributed by atoms with E-state index in [9.17, 15) is 18.0 Å². The smallest absolute Gasteiger partial charge is 0.395 e. The highest BCUT2D eigenvalue weighted by Crippen LogP contribution is 2.19. The molecule has 0 unspecified atom stereocenters. The van der Waals surface area contributed by atoms with E-state index in [1.807, 2.05) is 12.3 Å². The van der Waals surface area contributed by atoms with Crippen LogP contribution in [0, 0.1) is 6.92 Å². The van der Waals surface area contributed by atoms with Crippen molar-refractivity contribution in [3.63, 3.8) is 0 Å². The van der Waals surface area contributed by atoms with Gasteiger partial charge in [0, 0.05) is 17.7 Å². The van der Waals surface area contributed by atoms with Crippen molar-refractivity contribution in [2.45, 2.75) is 18.9 Å². The fraction of sp³-hybridized carbons (Fsp3) is 0.636. The second-order valence-corrected chi connectivity index (χ2v) is 6.05. The van der Waals surface area contributed by atoms with Crippen molar-refractivity contribution in [2.24, 2.45) is 0 Å². The lowest BCUT2D eigenvalue weighted by atomic mass is 10.4. The minimum Gasteiger partial charge on any atom is -0.395 e. The average Bonchev–Trinajstić information content (AvgIpc) is 2.73. The van der Waals surface area contributed by atoms with Gasteiger partial charge in [0.2, 0.25) is 5.91 Å². The van der Waals surface area contributed by atoms with Crippen LogP contribution >= 0.6 is 23.1 Å². The van der Waals surface area contributed by atoms with E-state index in [4.69, 9.17) is 5.11 Å². The summed E-state index contributed by atoms with van der Waals surface area (Å²) in [5.74, 6) is -0.213. The number of aryl methyl sites for hydroxylation is 1. The first-order valence-electron chi connectivity index (χ1n) is 5.76. The number of aliphatic hydroxyl groups is 1. The Morgan fingerprint density at radius 3 is 2.75 bits per heavy atom. The molecule has 1 amide bonds. The molecule has 1 heterocycles. The lowest BCUT2D eigenvalue weighted by Gasteiger charge is -2.22. The summed E-state index contributed by atoms with van der Waals surface area (Å²) < 4.78 is 36.9. The third-order valence-electron chi connectivity index (χ3n) is 2.23. The highest BCUT2D eigenvalue weighted by molar-refractivity contribution is 7.99. The maximum atomic E-state index is 12.3. The number of carbonyl (C=O) groups excluding carboxylic acids is 1. The van der Waals surface area contributed by atoms with Crippen molar-refractivity contribution in [1.29, 1.82) is 0 Å². The Balaban J connectivity index is 2.41. The van der Waals surface area contributed by atoms with E-state index in [0.717, 1.165) is 10.7 Å². The molecule has 4 nitrogen and oxygen atoms in total. The van der Waals surface area contributed by atoms with E-state index in [2.05, 4.69) is 4.98 Å². The fourth-order valence-electron chi connectivity index (χ4n) is 1.44. The normalized spacial score (nSPS) is 11.7. The molecule has 0 atom stereocenters. The zero-order chi connectivity index (χ0) is 15.2. The van der Waals surface area contributed by atoms with Crippen LogP contribution in [-0.4, -0.2) is 52.5 Å². The Labute approximate surface area is 123 Å². The van der Waals surface area contributed by atoms with Crippen LogP contribution in [0.2, 0.25) is 0 Å². The number of carbonyl (C=O) groups is 1. The number of halogens is 3. The van der Waals surface area contributed by atoms with E-state index in [1.54, 1.807) is 0 Å². The Morgan fingerprint density at radius 1 is 1.55 bits per heavy atom. The number of hydrogen-bond donors (Lipinski definition) is 1. The van der Waals surface area contributed by atoms with E-state index in [0.29, 0.717) is 10.7 Å². The maximum absolute atomic E-state index is 12.3. The molecule has 0 radical (unpaired) electrons. The molecule has 0 bridgehead atoms. The monoisotopic (exact) mass is 328 g/mol. The molecule has 1 aromatic heterocycles. The third kappa shape index (κ3) is 6.58. The molecule has 0 aliphatic heterocycles. The lowest BCUT2D eigenvalue weighted by Crippen LogP contribution is -2.41. The van der Waals surface area contributed by atoms with Gasteiger partial charge in [-0.3, -0.25) is 4.79 Å². The van der Waals surface area contributed by atoms with E-state index >= 15 is 0 Å². The Morgan fingerprint density at radius 2 is 2.25 bits per heavy atom. The van der Waals surface area contributed by atoms with Crippen molar-refractivity contribution in [3.8, 4) is 0 Å². The molecule has 1 aromatic rings. The van der Waals surface area contributed by atoms with Crippen LogP contribution in [0.25, 0.3) is 0 Å². The highest BCUT2D eigenvalue weighted by Gasteiger charge is 2.32. The van der Waals surface area contributed by atoms with E-state index in [1.165, 1.54) is 23.1 Å². The summed E-state index contributed by atoms with van der Waals surface area (Å²) in [4.78, 5) is 16.5. The van der Waals surface area contributed by atoms with E-state index < -0.39 is 25.2 Å². The molecule has 1 N–H and O–H groups in total. The first kappa shape index (κ1) is 17.3. The van der Waals surface area contributed by atoms with Gasteiger partial charge in [0.25, 0.3) is 0 Å². The van der Waals surface area contributed by atoms with Crippen LogP contribution in [0.3, 0.4) is 0 Å². The van der Waals surface area contributed by atoms with Crippen LogP contribution < -0.4 is 0 Å². The molecule has 0 spiro atoms. The second kappa shape index (κ2) is 7.84. The number of thioether (sulfide) groups is 1. The number of amides is 1. The Kier molecular flexibility index (Phi) is 6.77. The predicted molar refractivity (Wildman–Crippen MR) is 72.7 cm³/mol. The summed E-state index contributed by atoms with van der Waals surface area (Å²) in [7, 11) is 0. The molecule has 0 aliphatic carbocycles. The van der Waals surface area contributed by atoms with Gasteiger partial charge in [-0.1, -0.05) is 0 Å². The largest absolute Gasteiger partial charge is 0.406 e. The van der Waals surface area contributed by atoms with Gasteiger partial charge in [-0.2, -0.15) is 13.2 Å².